The van der Waals surface area contributed by atoms with Gasteiger partial charge < -0.3 is 9.84 Å². The zero-order valence-corrected chi connectivity index (χ0v) is 4.70. The highest BCUT2D eigenvalue weighted by Gasteiger charge is 1.88. The van der Waals surface area contributed by atoms with Crippen LogP contribution in [0.15, 0.2) is 4.99 Å². The molecule has 0 aliphatic carbocycles. The van der Waals surface area contributed by atoms with E-state index in [0.29, 0.717) is 6.40 Å². The maximum absolute atomic E-state index is 9.92. The molecule has 0 saturated heterocycles. The van der Waals surface area contributed by atoms with E-state index in [1.54, 1.807) is 0 Å². The minimum Gasteiger partial charge on any atom is -0.463 e. The van der Waals surface area contributed by atoms with Crippen molar-refractivity contribution in [3.05, 3.63) is 0 Å². The molecule has 0 rings (SSSR count). The molecule has 0 fully saturated rings. The van der Waals surface area contributed by atoms with Crippen molar-refractivity contribution in [2.24, 2.45) is 4.99 Å². The summed E-state index contributed by atoms with van der Waals surface area (Å²) in [6.07, 6.45) is -0.818. The fraction of sp³-hybridized carbons (Fsp3) is 0.250. The largest absolute Gasteiger partial charge is 0.463 e. The molecule has 9 heavy (non-hydrogen) atoms. The zero-order valence-electron chi connectivity index (χ0n) is 4.70. The van der Waals surface area contributed by atoms with Crippen LogP contribution in [0.5, 0.6) is 0 Å². The molecule has 0 unspecified atom stereocenters. The lowest BCUT2D eigenvalue weighted by Crippen LogP contribution is -1.97. The van der Waals surface area contributed by atoms with Gasteiger partial charge in [-0.15, -0.1) is 4.99 Å². The number of carbonyl (C=O) groups excluding carboxylic acids is 1. The van der Waals surface area contributed by atoms with Crippen molar-refractivity contribution in [3.63, 3.8) is 0 Å². The normalized spacial score (nSPS) is 9.44. The van der Waals surface area contributed by atoms with Crippen LogP contribution in [0, 0.1) is 0 Å². The van der Waals surface area contributed by atoms with Gasteiger partial charge in [0, 0.05) is 6.92 Å². The molecule has 0 atom stereocenters. The summed E-state index contributed by atoms with van der Waals surface area (Å²) in [5.41, 5.74) is 0. The number of carboxylic acid groups (broad SMARTS) is 1. The van der Waals surface area contributed by atoms with Gasteiger partial charge in [0.25, 0.3) is 0 Å². The fourth-order valence-corrected chi connectivity index (χ4v) is 0.146. The molecule has 0 aromatic carbocycles. The van der Waals surface area contributed by atoms with Crippen LogP contribution in [0.3, 0.4) is 0 Å². The van der Waals surface area contributed by atoms with Gasteiger partial charge in [-0.1, -0.05) is 0 Å². The molecule has 0 bridgehead atoms. The van der Waals surface area contributed by atoms with E-state index in [0.717, 1.165) is 6.92 Å². The van der Waals surface area contributed by atoms with Crippen molar-refractivity contribution in [2.75, 3.05) is 0 Å². The van der Waals surface area contributed by atoms with Gasteiger partial charge in [0.15, 0.2) is 6.40 Å². The van der Waals surface area contributed by atoms with Crippen LogP contribution in [0.4, 0.5) is 4.79 Å². The summed E-state index contributed by atoms with van der Waals surface area (Å²) in [5, 5.41) is 7.84. The van der Waals surface area contributed by atoms with Crippen LogP contribution in [0.1, 0.15) is 6.92 Å². The molecular formula is C4H5NO4. The Morgan fingerprint density at radius 3 is 2.56 bits per heavy atom. The van der Waals surface area contributed by atoms with E-state index in [1.165, 1.54) is 0 Å². The molecule has 0 radical (unpaired) electrons. The Kier molecular flexibility index (Phi) is 3.04. The van der Waals surface area contributed by atoms with E-state index >= 15 is 0 Å². The van der Waals surface area contributed by atoms with E-state index in [-0.39, 0.29) is 0 Å². The highest BCUT2D eigenvalue weighted by atomic mass is 16.5. The Bertz CT molecular complexity index is 151. The maximum atomic E-state index is 9.92. The summed E-state index contributed by atoms with van der Waals surface area (Å²) in [6.45, 7) is 1.15. The highest BCUT2D eigenvalue weighted by Crippen LogP contribution is 1.72. The summed E-state index contributed by atoms with van der Waals surface area (Å²) in [7, 11) is 0. The third kappa shape index (κ3) is 6.61. The second kappa shape index (κ2) is 3.59. The third-order valence-corrected chi connectivity index (χ3v) is 0.382. The number of ether oxygens (including phenoxy) is 1. The Morgan fingerprint density at radius 2 is 2.22 bits per heavy atom. The first-order chi connectivity index (χ1) is 4.13. The van der Waals surface area contributed by atoms with E-state index in [1.807, 2.05) is 0 Å². The van der Waals surface area contributed by atoms with Crippen molar-refractivity contribution in [3.8, 4) is 0 Å². The molecule has 50 valence electrons. The second-order valence-corrected chi connectivity index (χ2v) is 1.13. The van der Waals surface area contributed by atoms with Crippen LogP contribution in [0.2, 0.25) is 0 Å². The van der Waals surface area contributed by atoms with Gasteiger partial charge in [0.2, 0.25) is 0 Å². The topological polar surface area (TPSA) is 76.0 Å². The van der Waals surface area contributed by atoms with Gasteiger partial charge in [-0.25, -0.2) is 4.79 Å². The lowest BCUT2D eigenvalue weighted by Gasteiger charge is -1.85. The van der Waals surface area contributed by atoms with E-state index < -0.39 is 12.1 Å². The van der Waals surface area contributed by atoms with Gasteiger partial charge in [-0.3, -0.25) is 4.79 Å². The molecule has 1 N–H and O–H groups in total. The first-order valence-corrected chi connectivity index (χ1v) is 2.05. The molecule has 0 aliphatic heterocycles. The van der Waals surface area contributed by atoms with Crippen molar-refractivity contribution in [2.45, 2.75) is 6.92 Å². The molecule has 0 saturated carbocycles. The monoisotopic (exact) mass is 131 g/mol. The number of carbonyl (C=O) groups is 2. The molecule has 0 heterocycles. The standard InChI is InChI=1S/C4H5NO4/c1-3(6)9-2-5-4(7)8/h2H,1H3,(H,7,8)/b5-2-. The Hall–Kier alpha value is -1.39. The van der Waals surface area contributed by atoms with Crippen molar-refractivity contribution in [1.29, 1.82) is 0 Å². The summed E-state index contributed by atoms with van der Waals surface area (Å²) in [5.74, 6) is -0.597. The van der Waals surface area contributed by atoms with Crippen LogP contribution < -0.4 is 0 Å². The third-order valence-electron chi connectivity index (χ3n) is 0.382. The van der Waals surface area contributed by atoms with Crippen molar-refractivity contribution in [1.82, 2.24) is 0 Å². The molecule has 0 spiro atoms. The Balaban J connectivity index is 3.48. The van der Waals surface area contributed by atoms with Crippen molar-refractivity contribution < 1.29 is 19.4 Å². The van der Waals surface area contributed by atoms with Gasteiger partial charge in [-0.05, 0) is 0 Å². The van der Waals surface area contributed by atoms with E-state index in [9.17, 15) is 9.59 Å². The average Bonchev–Trinajstić information content (AvgIpc) is 1.63. The lowest BCUT2D eigenvalue weighted by atomic mass is 10.8. The number of amides is 1. The zero-order chi connectivity index (χ0) is 7.28. The SMILES string of the molecule is CC(=O)O/C=N\C(=O)O. The van der Waals surface area contributed by atoms with Crippen molar-refractivity contribution >= 4 is 18.5 Å². The first-order valence-electron chi connectivity index (χ1n) is 2.05. The van der Waals surface area contributed by atoms with Crippen LogP contribution in [-0.2, 0) is 9.53 Å². The first kappa shape index (κ1) is 7.61. The summed E-state index contributed by atoms with van der Waals surface area (Å²) < 4.78 is 4.04. The Labute approximate surface area is 51.0 Å². The summed E-state index contributed by atoms with van der Waals surface area (Å²) in [4.78, 5) is 22.2. The molecular weight excluding hydrogens is 126 g/mol. The number of hydrogen-bond donors (Lipinski definition) is 1. The quantitative estimate of drug-likeness (QED) is 0.314. The van der Waals surface area contributed by atoms with Crippen LogP contribution in [0.25, 0.3) is 0 Å². The number of rotatable bonds is 1. The molecule has 0 aliphatic rings. The Morgan fingerprint density at radius 1 is 1.67 bits per heavy atom. The highest BCUT2D eigenvalue weighted by molar-refractivity contribution is 5.81. The van der Waals surface area contributed by atoms with Gasteiger partial charge in [-0.2, -0.15) is 0 Å². The predicted octanol–water partition coefficient (Wildman–Crippen LogP) is 0.256. The fourth-order valence-electron chi connectivity index (χ4n) is 0.146. The minimum absolute atomic E-state index is 0.574. The smallest absolute Gasteiger partial charge is 0.433 e. The van der Waals surface area contributed by atoms with Crippen LogP contribution in [-0.4, -0.2) is 23.6 Å². The lowest BCUT2D eigenvalue weighted by molar-refractivity contribution is -0.132. The van der Waals surface area contributed by atoms with Gasteiger partial charge in [0.05, 0.1) is 0 Å². The average molecular weight is 131 g/mol. The number of esters is 1. The molecule has 1 amide bonds. The van der Waals surface area contributed by atoms with Gasteiger partial charge in [0.1, 0.15) is 0 Å². The van der Waals surface area contributed by atoms with Crippen LogP contribution >= 0.6 is 0 Å². The number of aliphatic imine (C=N–C) groups is 1. The van der Waals surface area contributed by atoms with E-state index in [2.05, 4.69) is 9.73 Å². The minimum atomic E-state index is -1.39. The molecule has 5 nitrogen and oxygen atoms in total. The van der Waals surface area contributed by atoms with Gasteiger partial charge >= 0.3 is 12.1 Å². The molecule has 0 aromatic heterocycles. The van der Waals surface area contributed by atoms with E-state index in [4.69, 9.17) is 5.11 Å². The summed E-state index contributed by atoms with van der Waals surface area (Å²) >= 11 is 0. The molecule has 5 heteroatoms. The maximum Gasteiger partial charge on any atom is 0.433 e. The summed E-state index contributed by atoms with van der Waals surface area (Å²) in [6, 6.07) is 0. The second-order valence-electron chi connectivity index (χ2n) is 1.13. The number of hydrogen-bond acceptors (Lipinski definition) is 3. The number of nitrogens with zero attached hydrogens (tertiary/aromatic N) is 1. The molecule has 0 aromatic rings. The predicted molar refractivity (Wildman–Crippen MR) is 28.3 cm³/mol.